The van der Waals surface area contributed by atoms with Crippen LogP contribution in [0.3, 0.4) is 0 Å². The van der Waals surface area contributed by atoms with Gasteiger partial charge in [0.05, 0.1) is 6.42 Å². The van der Waals surface area contributed by atoms with Crippen LogP contribution in [0.15, 0.2) is 29.4 Å². The molecule has 2 fully saturated rings. The summed E-state index contributed by atoms with van der Waals surface area (Å²) >= 11 is 1.36. The van der Waals surface area contributed by atoms with Crippen molar-refractivity contribution in [3.05, 3.63) is 24.4 Å². The van der Waals surface area contributed by atoms with Crippen LogP contribution in [-0.4, -0.2) is 72.2 Å². The molecule has 0 bridgehead atoms. The van der Waals surface area contributed by atoms with Gasteiger partial charge >= 0.3 is 5.97 Å². The van der Waals surface area contributed by atoms with Crippen LogP contribution in [0.25, 0.3) is 0 Å². The number of carbonyl (C=O) groups is 4. The Labute approximate surface area is 165 Å². The lowest BCUT2D eigenvalue weighted by Crippen LogP contribution is -2.73. The molecule has 3 amide bonds. The highest BCUT2D eigenvalue weighted by Gasteiger charge is 2.64. The molecule has 148 valence electrons. The van der Waals surface area contributed by atoms with Crippen molar-refractivity contribution in [2.75, 3.05) is 0 Å². The van der Waals surface area contributed by atoms with Crippen LogP contribution in [0.4, 0.5) is 0 Å². The van der Waals surface area contributed by atoms with Gasteiger partial charge in [0.25, 0.3) is 5.91 Å². The molecule has 0 aromatic heterocycles. The van der Waals surface area contributed by atoms with Crippen LogP contribution in [0.2, 0.25) is 0 Å². The minimum absolute atomic E-state index is 0.119. The molecule has 2 saturated heterocycles. The van der Waals surface area contributed by atoms with Gasteiger partial charge in [0.2, 0.25) is 11.8 Å². The van der Waals surface area contributed by atoms with Crippen LogP contribution in [0.1, 0.15) is 27.2 Å². The van der Waals surface area contributed by atoms with Crippen LogP contribution in [0.5, 0.6) is 0 Å². The van der Waals surface area contributed by atoms with Gasteiger partial charge in [0.15, 0.2) is 0 Å². The molecule has 0 radical (unpaired) electrons. The number of nitrogens with one attached hydrogen (secondary N) is 1. The minimum Gasteiger partial charge on any atom is -0.480 e. The maximum atomic E-state index is 13.1. The van der Waals surface area contributed by atoms with Crippen molar-refractivity contribution in [3.63, 3.8) is 0 Å². The molecule has 9 nitrogen and oxygen atoms in total. The van der Waals surface area contributed by atoms with E-state index in [2.05, 4.69) is 10.3 Å². The number of hydrogen-bond acceptors (Lipinski definition) is 6. The summed E-state index contributed by atoms with van der Waals surface area (Å²) in [7, 11) is 0. The van der Waals surface area contributed by atoms with Crippen molar-refractivity contribution < 1.29 is 24.3 Å². The lowest BCUT2D eigenvalue weighted by Gasteiger charge is -2.46. The van der Waals surface area contributed by atoms with Gasteiger partial charge in [-0.15, -0.1) is 11.8 Å². The van der Waals surface area contributed by atoms with E-state index < -0.39 is 51.4 Å². The van der Waals surface area contributed by atoms with Gasteiger partial charge in [0.1, 0.15) is 28.8 Å². The highest BCUT2D eigenvalue weighted by molar-refractivity contribution is 8.01. The number of carboxylic acids is 1. The highest BCUT2D eigenvalue weighted by Crippen LogP contribution is 2.50. The first-order valence-electron chi connectivity index (χ1n) is 8.86. The van der Waals surface area contributed by atoms with Crippen molar-refractivity contribution >= 4 is 41.3 Å². The molecule has 4 atom stereocenters. The Morgan fingerprint density at radius 2 is 2.00 bits per heavy atom. The lowest BCUT2D eigenvalue weighted by molar-refractivity contribution is -0.161. The molecule has 0 spiro atoms. The van der Waals surface area contributed by atoms with Crippen molar-refractivity contribution in [2.45, 2.75) is 54.9 Å². The van der Waals surface area contributed by atoms with E-state index in [1.807, 2.05) is 0 Å². The summed E-state index contributed by atoms with van der Waals surface area (Å²) in [6, 6.07) is -1.76. The summed E-state index contributed by atoms with van der Waals surface area (Å²) < 4.78 is -0.670. The Hall–Kier alpha value is -2.62. The molecule has 4 heterocycles. The molecule has 10 heteroatoms. The van der Waals surface area contributed by atoms with E-state index in [-0.39, 0.29) is 6.42 Å². The van der Waals surface area contributed by atoms with Gasteiger partial charge in [-0.25, -0.2) is 4.79 Å². The zero-order valence-electron chi connectivity index (χ0n) is 15.6. The first kappa shape index (κ1) is 18.7. The predicted octanol–water partition coefficient (Wildman–Crippen LogP) is 0.0911. The smallest absolute Gasteiger partial charge is 0.327 e. The van der Waals surface area contributed by atoms with E-state index in [9.17, 15) is 24.3 Å². The Kier molecular flexibility index (Phi) is 3.97. The fourth-order valence-electron chi connectivity index (χ4n) is 4.12. The second-order valence-corrected chi connectivity index (χ2v) is 9.71. The Balaban J connectivity index is 1.55. The molecule has 0 aromatic carbocycles. The minimum atomic E-state index is -1.22. The van der Waals surface area contributed by atoms with E-state index in [0.717, 1.165) is 0 Å². The Morgan fingerprint density at radius 3 is 2.68 bits per heavy atom. The van der Waals surface area contributed by atoms with Crippen LogP contribution in [-0.2, 0) is 19.2 Å². The maximum absolute atomic E-state index is 13.1. The maximum Gasteiger partial charge on any atom is 0.327 e. The van der Waals surface area contributed by atoms with Crippen LogP contribution >= 0.6 is 11.8 Å². The normalized spacial score (nSPS) is 35.1. The van der Waals surface area contributed by atoms with Crippen molar-refractivity contribution in [1.82, 2.24) is 15.1 Å². The van der Waals surface area contributed by atoms with E-state index in [1.54, 1.807) is 50.1 Å². The molecule has 0 saturated carbocycles. The summed E-state index contributed by atoms with van der Waals surface area (Å²) in [5, 5.41) is 11.8. The molecular weight excluding hydrogens is 384 g/mol. The number of rotatable bonds is 3. The number of carbonyl (C=O) groups excluding carboxylic acids is 3. The van der Waals surface area contributed by atoms with E-state index >= 15 is 0 Å². The molecular formula is C18H20N4O5S. The average molecular weight is 404 g/mol. The molecule has 0 aromatic rings. The predicted molar refractivity (Wildman–Crippen MR) is 101 cm³/mol. The van der Waals surface area contributed by atoms with Gasteiger partial charge in [-0.3, -0.25) is 14.4 Å². The third-order valence-electron chi connectivity index (χ3n) is 5.56. The molecule has 4 aliphatic rings. The van der Waals surface area contributed by atoms with E-state index in [4.69, 9.17) is 0 Å². The summed E-state index contributed by atoms with van der Waals surface area (Å²) in [5.74, 6) is -1.98. The topological polar surface area (TPSA) is 119 Å². The molecule has 4 rings (SSSR count). The van der Waals surface area contributed by atoms with E-state index in [1.165, 1.54) is 16.7 Å². The monoisotopic (exact) mass is 404 g/mol. The molecule has 1 unspecified atom stereocenters. The van der Waals surface area contributed by atoms with Crippen LogP contribution < -0.4 is 5.32 Å². The quantitative estimate of drug-likeness (QED) is 0.640. The summed E-state index contributed by atoms with van der Waals surface area (Å²) in [4.78, 5) is 56.3. The van der Waals surface area contributed by atoms with Crippen molar-refractivity contribution in [2.24, 2.45) is 4.99 Å². The lowest BCUT2D eigenvalue weighted by atomic mass is 9.89. The third kappa shape index (κ3) is 2.50. The fourth-order valence-corrected chi connectivity index (χ4v) is 5.75. The van der Waals surface area contributed by atoms with Gasteiger partial charge in [0, 0.05) is 10.9 Å². The first-order valence-corrected chi connectivity index (χ1v) is 9.74. The zero-order valence-corrected chi connectivity index (χ0v) is 16.4. The molecule has 28 heavy (non-hydrogen) atoms. The largest absolute Gasteiger partial charge is 0.480 e. The first-order chi connectivity index (χ1) is 13.1. The summed E-state index contributed by atoms with van der Waals surface area (Å²) in [6.45, 7) is 5.18. The van der Waals surface area contributed by atoms with E-state index in [0.29, 0.717) is 5.84 Å². The highest BCUT2D eigenvalue weighted by atomic mass is 32.2. The van der Waals surface area contributed by atoms with Gasteiger partial charge in [-0.05, 0) is 32.9 Å². The number of allylic oxidation sites excluding steroid dienone is 2. The number of β-lactam (4-membered cyclic amide) rings is 1. The SMILES string of the molecule is CC1(C)S[C@@H]2[C@H](NC(=O)C3(C)CC(=O)N=C4C=CC=CN43)C(=O)N2[C@H]1C(=O)O. The average Bonchev–Trinajstić information content (AvgIpc) is 2.87. The van der Waals surface area contributed by atoms with Crippen LogP contribution in [0, 0.1) is 0 Å². The van der Waals surface area contributed by atoms with Crippen molar-refractivity contribution in [1.29, 1.82) is 0 Å². The molecule has 4 aliphatic heterocycles. The number of amidine groups is 1. The number of thioether (sulfide) groups is 1. The second kappa shape index (κ2) is 5.94. The number of aliphatic carboxylic acids is 1. The Bertz CT molecular complexity index is 894. The molecule has 0 aliphatic carbocycles. The number of hydrogen-bond donors (Lipinski definition) is 2. The number of nitrogens with zero attached hydrogens (tertiary/aromatic N) is 3. The Morgan fingerprint density at radius 1 is 1.29 bits per heavy atom. The molecule has 2 N–H and O–H groups in total. The number of carboxylic acid groups (broad SMARTS) is 1. The zero-order chi connectivity index (χ0) is 20.4. The third-order valence-corrected chi connectivity index (χ3v) is 7.13. The van der Waals surface area contributed by atoms with Gasteiger partial charge < -0.3 is 20.2 Å². The number of fused-ring (bicyclic) bond motifs is 2. The number of aliphatic imine (C=N–C) groups is 1. The number of amides is 3. The van der Waals surface area contributed by atoms with Gasteiger partial charge in [-0.1, -0.05) is 6.08 Å². The summed E-state index contributed by atoms with van der Waals surface area (Å²) in [5.41, 5.74) is -1.22. The van der Waals surface area contributed by atoms with Crippen molar-refractivity contribution in [3.8, 4) is 0 Å². The standard InChI is InChI=1S/C18H20N4O5S/c1-17(2)12(15(25)26)22-13(24)11(14(22)28-17)20-16(27)18(3)8-10(23)19-9-6-4-5-7-21(9)18/h4-7,11-12,14H,8H2,1-3H3,(H,20,27)(H,25,26)/t11-,12+,14-,18?/m1/s1. The second-order valence-electron chi connectivity index (χ2n) is 7.93. The summed E-state index contributed by atoms with van der Waals surface area (Å²) in [6.07, 6.45) is 6.66. The van der Waals surface area contributed by atoms with Gasteiger partial charge in [-0.2, -0.15) is 4.99 Å². The fraction of sp³-hybridized carbons (Fsp3) is 0.500.